The zero-order valence-electron chi connectivity index (χ0n) is 20.3. The number of carbonyl (C=O) groups excluding carboxylic acids is 1. The van der Waals surface area contributed by atoms with Crippen LogP contribution in [0, 0.1) is 0 Å². The molecule has 1 aliphatic rings. The van der Waals surface area contributed by atoms with Gasteiger partial charge in [0.2, 0.25) is 0 Å². The van der Waals surface area contributed by atoms with E-state index >= 15 is 0 Å². The predicted octanol–water partition coefficient (Wildman–Crippen LogP) is 3.33. The summed E-state index contributed by atoms with van der Waals surface area (Å²) in [6, 6.07) is 11.5. The maximum absolute atomic E-state index is 13.6. The molecule has 0 fully saturated rings. The second kappa shape index (κ2) is 11.2. The fourth-order valence-corrected chi connectivity index (χ4v) is 5.99. The molecule has 4 rings (SSSR count). The first kappa shape index (κ1) is 25.1. The normalized spacial score (nSPS) is 15.7. The van der Waals surface area contributed by atoms with Gasteiger partial charge in [0, 0.05) is 30.8 Å². The summed E-state index contributed by atoms with van der Waals surface area (Å²) in [6.07, 6.45) is 1.89. The van der Waals surface area contributed by atoms with Crippen LogP contribution in [0.1, 0.15) is 37.3 Å². The molecule has 1 aromatic carbocycles. The van der Waals surface area contributed by atoms with Crippen LogP contribution in [-0.4, -0.2) is 43.9 Å². The number of esters is 1. The predicted molar refractivity (Wildman–Crippen MR) is 141 cm³/mol. The molecule has 1 atom stereocenters. The van der Waals surface area contributed by atoms with Gasteiger partial charge in [-0.3, -0.25) is 9.36 Å². The number of carbonyl (C=O) groups is 1. The number of fused-ring (bicyclic) bond motifs is 1. The Labute approximate surface area is 212 Å². The first-order chi connectivity index (χ1) is 17.0. The van der Waals surface area contributed by atoms with Gasteiger partial charge in [0.25, 0.3) is 5.56 Å². The van der Waals surface area contributed by atoms with Gasteiger partial charge in [-0.15, -0.1) is 11.3 Å². The van der Waals surface area contributed by atoms with Crippen molar-refractivity contribution in [2.75, 3.05) is 38.3 Å². The van der Waals surface area contributed by atoms with Gasteiger partial charge in [0.05, 0.1) is 22.4 Å². The highest BCUT2D eigenvalue weighted by Gasteiger charge is 2.34. The molecular weight excluding hydrogens is 482 g/mol. The Hall–Kier alpha value is -3.01. The lowest BCUT2D eigenvalue weighted by atomic mass is 10.0. The van der Waals surface area contributed by atoms with Gasteiger partial charge < -0.3 is 14.4 Å². The largest absolute Gasteiger partial charge is 0.460 e. The SMILES string of the molecule is CCN(CC)c1ccc(C=c2sc3n(c2=O)C(c2cccs2)C(C(=O)OCCOC)=C(C)N=3)cc1. The number of nitrogens with zero attached hydrogens (tertiary/aromatic N) is 3. The topological polar surface area (TPSA) is 73.1 Å². The molecule has 1 aliphatic heterocycles. The third-order valence-electron chi connectivity index (χ3n) is 5.89. The lowest BCUT2D eigenvalue weighted by Crippen LogP contribution is -2.39. The van der Waals surface area contributed by atoms with Gasteiger partial charge in [-0.25, -0.2) is 9.79 Å². The van der Waals surface area contributed by atoms with E-state index in [-0.39, 0.29) is 12.2 Å². The molecule has 2 aromatic heterocycles. The van der Waals surface area contributed by atoms with E-state index < -0.39 is 12.0 Å². The van der Waals surface area contributed by atoms with E-state index in [1.165, 1.54) is 22.7 Å². The molecule has 0 aliphatic carbocycles. The quantitative estimate of drug-likeness (QED) is 0.326. The number of methoxy groups -OCH3 is 1. The van der Waals surface area contributed by atoms with E-state index in [0.29, 0.717) is 27.2 Å². The Morgan fingerprint density at radius 3 is 2.54 bits per heavy atom. The minimum absolute atomic E-state index is 0.136. The first-order valence-corrected chi connectivity index (χ1v) is 13.2. The highest BCUT2D eigenvalue weighted by atomic mass is 32.1. The summed E-state index contributed by atoms with van der Waals surface area (Å²) in [4.78, 5) is 35.0. The molecule has 0 N–H and O–H groups in total. The van der Waals surface area contributed by atoms with Crippen molar-refractivity contribution in [3.63, 3.8) is 0 Å². The van der Waals surface area contributed by atoms with Crippen molar-refractivity contribution >= 4 is 40.4 Å². The van der Waals surface area contributed by atoms with E-state index in [9.17, 15) is 9.59 Å². The van der Waals surface area contributed by atoms with Crippen LogP contribution in [0.5, 0.6) is 0 Å². The van der Waals surface area contributed by atoms with Crippen molar-refractivity contribution in [3.05, 3.63) is 83.2 Å². The molecule has 184 valence electrons. The zero-order chi connectivity index (χ0) is 24.9. The van der Waals surface area contributed by atoms with E-state index in [1.807, 2.05) is 35.7 Å². The van der Waals surface area contributed by atoms with Gasteiger partial charge in [0.1, 0.15) is 12.6 Å². The minimum Gasteiger partial charge on any atom is -0.460 e. The van der Waals surface area contributed by atoms with Crippen LogP contribution >= 0.6 is 22.7 Å². The standard InChI is InChI=1S/C26H29N3O4S2/c1-5-28(6-2)19-11-9-18(10-12-19)16-21-24(30)29-23(20-8-7-15-34-20)22(17(3)27-26(29)35-21)25(31)33-14-13-32-4/h7-12,15-16,23H,5-6,13-14H2,1-4H3. The smallest absolute Gasteiger partial charge is 0.338 e. The number of benzene rings is 1. The van der Waals surface area contributed by atoms with Crippen molar-refractivity contribution in [3.8, 4) is 0 Å². The fraction of sp³-hybridized carbons (Fsp3) is 0.346. The summed E-state index contributed by atoms with van der Waals surface area (Å²) in [5.74, 6) is -0.483. The molecular formula is C26H29N3O4S2. The molecule has 1 unspecified atom stereocenters. The van der Waals surface area contributed by atoms with Crippen LogP contribution in [0.2, 0.25) is 0 Å². The van der Waals surface area contributed by atoms with Crippen molar-refractivity contribution in [1.82, 2.24) is 4.57 Å². The van der Waals surface area contributed by atoms with Gasteiger partial charge in [-0.1, -0.05) is 29.5 Å². The number of hydrogen-bond donors (Lipinski definition) is 0. The average molecular weight is 512 g/mol. The summed E-state index contributed by atoms with van der Waals surface area (Å²) < 4.78 is 12.6. The summed E-state index contributed by atoms with van der Waals surface area (Å²) in [5, 5.41) is 1.94. The van der Waals surface area contributed by atoms with Crippen LogP contribution in [0.3, 0.4) is 0 Å². The van der Waals surface area contributed by atoms with Crippen molar-refractivity contribution in [2.45, 2.75) is 26.8 Å². The zero-order valence-corrected chi connectivity index (χ0v) is 21.9. The Morgan fingerprint density at radius 1 is 1.17 bits per heavy atom. The lowest BCUT2D eigenvalue weighted by molar-refractivity contribution is -0.140. The molecule has 7 nitrogen and oxygen atoms in total. The molecule has 9 heteroatoms. The second-order valence-electron chi connectivity index (χ2n) is 7.99. The monoisotopic (exact) mass is 511 g/mol. The van der Waals surface area contributed by atoms with Crippen LogP contribution in [0.15, 0.2) is 62.8 Å². The number of hydrogen-bond acceptors (Lipinski definition) is 8. The van der Waals surface area contributed by atoms with Crippen LogP contribution in [0.25, 0.3) is 6.08 Å². The number of rotatable bonds is 9. The van der Waals surface area contributed by atoms with E-state index in [4.69, 9.17) is 9.47 Å². The number of ether oxygens (including phenoxy) is 2. The maximum Gasteiger partial charge on any atom is 0.338 e. The molecule has 35 heavy (non-hydrogen) atoms. The molecule has 0 radical (unpaired) electrons. The number of thiazole rings is 1. The van der Waals surface area contributed by atoms with Crippen LogP contribution in [0.4, 0.5) is 5.69 Å². The maximum atomic E-state index is 13.6. The highest BCUT2D eigenvalue weighted by molar-refractivity contribution is 7.10. The third kappa shape index (κ3) is 5.17. The Bertz CT molecular complexity index is 1380. The molecule has 0 spiro atoms. The lowest BCUT2D eigenvalue weighted by Gasteiger charge is -2.23. The summed E-state index contributed by atoms with van der Waals surface area (Å²) in [6.45, 7) is 8.36. The van der Waals surface area contributed by atoms with Gasteiger partial charge in [-0.2, -0.15) is 0 Å². The summed E-state index contributed by atoms with van der Waals surface area (Å²) in [7, 11) is 1.55. The third-order valence-corrected chi connectivity index (χ3v) is 7.80. The second-order valence-corrected chi connectivity index (χ2v) is 9.98. The molecule has 0 saturated heterocycles. The van der Waals surface area contributed by atoms with Crippen molar-refractivity contribution in [1.29, 1.82) is 0 Å². The van der Waals surface area contributed by atoms with Gasteiger partial charge in [-0.05, 0) is 56.0 Å². The summed E-state index contributed by atoms with van der Waals surface area (Å²) in [5.41, 5.74) is 2.86. The number of allylic oxidation sites excluding steroid dienone is 1. The molecule has 0 amide bonds. The summed E-state index contributed by atoms with van der Waals surface area (Å²) >= 11 is 2.83. The Morgan fingerprint density at radius 2 is 1.91 bits per heavy atom. The first-order valence-electron chi connectivity index (χ1n) is 11.6. The van der Waals surface area contributed by atoms with Gasteiger partial charge in [0.15, 0.2) is 4.80 Å². The number of anilines is 1. The minimum atomic E-state index is -0.575. The number of thiophene rings is 1. The van der Waals surface area contributed by atoms with Crippen molar-refractivity contribution in [2.24, 2.45) is 4.99 Å². The van der Waals surface area contributed by atoms with E-state index in [0.717, 1.165) is 29.2 Å². The molecule has 3 aromatic rings. The van der Waals surface area contributed by atoms with E-state index in [1.54, 1.807) is 18.6 Å². The average Bonchev–Trinajstić information content (AvgIpc) is 3.49. The molecule has 0 bridgehead atoms. The molecule has 0 saturated carbocycles. The van der Waals surface area contributed by atoms with E-state index in [2.05, 4.69) is 35.9 Å². The number of aromatic nitrogens is 1. The Kier molecular flexibility index (Phi) is 8.00. The van der Waals surface area contributed by atoms with Gasteiger partial charge >= 0.3 is 5.97 Å². The van der Waals surface area contributed by atoms with Crippen molar-refractivity contribution < 1.29 is 14.3 Å². The van der Waals surface area contributed by atoms with Crippen LogP contribution < -0.4 is 19.8 Å². The highest BCUT2D eigenvalue weighted by Crippen LogP contribution is 2.33. The molecule has 3 heterocycles. The Balaban J connectivity index is 1.77. The fourth-order valence-electron chi connectivity index (χ4n) is 4.12. The van der Waals surface area contributed by atoms with Crippen LogP contribution in [-0.2, 0) is 14.3 Å².